The number of carbonyl (C=O) groups excluding carboxylic acids is 1. The minimum atomic E-state index is -1.79. The van der Waals surface area contributed by atoms with E-state index in [1.807, 2.05) is 6.07 Å². The van der Waals surface area contributed by atoms with Crippen LogP contribution in [-0.2, 0) is 4.79 Å². The Hall–Kier alpha value is -1.09. The first-order chi connectivity index (χ1) is 8.12. The summed E-state index contributed by atoms with van der Waals surface area (Å²) in [5.74, 6) is 0.364. The van der Waals surface area contributed by atoms with Crippen LogP contribution in [0.25, 0.3) is 0 Å². The molecule has 1 saturated heterocycles. The maximum atomic E-state index is 12.2. The van der Waals surface area contributed by atoms with E-state index in [9.17, 15) is 4.79 Å². The quantitative estimate of drug-likeness (QED) is 0.735. The summed E-state index contributed by atoms with van der Waals surface area (Å²) in [7, 11) is -1.79. The van der Waals surface area contributed by atoms with E-state index in [1.165, 1.54) is 11.6 Å². The molecule has 2 rings (SSSR count). The summed E-state index contributed by atoms with van der Waals surface area (Å²) < 4.78 is 2.19. The Morgan fingerprint density at radius 1 is 1.06 bits per heavy atom. The second kappa shape index (κ2) is 5.04. The van der Waals surface area contributed by atoms with Crippen molar-refractivity contribution < 1.29 is 4.79 Å². The Labute approximate surface area is 105 Å². The van der Waals surface area contributed by atoms with Gasteiger partial charge in [0.1, 0.15) is 0 Å². The van der Waals surface area contributed by atoms with Gasteiger partial charge < -0.3 is 4.57 Å². The van der Waals surface area contributed by atoms with Crippen LogP contribution in [-0.4, -0.2) is 25.3 Å². The first-order valence-corrected chi connectivity index (χ1v) is 9.43. The third kappa shape index (κ3) is 2.60. The summed E-state index contributed by atoms with van der Waals surface area (Å²) >= 11 is 0. The molecule has 1 fully saturated rings. The molecule has 3 heteroatoms. The number of rotatable bonds is 2. The minimum absolute atomic E-state index is 0.364. The molecule has 2 nitrogen and oxygen atoms in total. The molecule has 0 unspecified atom stereocenters. The number of amides is 1. The summed E-state index contributed by atoms with van der Waals surface area (Å²) in [6.07, 6.45) is 4.16. The molecule has 0 atom stereocenters. The monoisotopic (exact) mass is 247 g/mol. The number of benzene rings is 1. The second-order valence-electron chi connectivity index (χ2n) is 5.28. The van der Waals surface area contributed by atoms with Gasteiger partial charge in [-0.2, -0.15) is 0 Å². The second-order valence-corrected chi connectivity index (χ2v) is 9.52. The van der Waals surface area contributed by atoms with Gasteiger partial charge in [0.05, 0.1) is 0 Å². The third-order valence-corrected chi connectivity index (χ3v) is 7.30. The molecule has 1 heterocycles. The number of nitrogens with zero attached hydrogens (tertiary/aromatic N) is 1. The molecule has 0 aromatic heterocycles. The predicted molar refractivity (Wildman–Crippen MR) is 73.7 cm³/mol. The summed E-state index contributed by atoms with van der Waals surface area (Å²) in [5.41, 5.74) is 0. The lowest BCUT2D eigenvalue weighted by atomic mass is 10.2. The predicted octanol–water partition coefficient (Wildman–Crippen LogP) is 2.50. The molecule has 0 aliphatic carbocycles. The largest absolute Gasteiger partial charge is 0.365 e. The minimum Gasteiger partial charge on any atom is -0.365 e. The average Bonchev–Trinajstić information content (AvgIpc) is 2.55. The van der Waals surface area contributed by atoms with Gasteiger partial charge in [0.2, 0.25) is 5.91 Å². The van der Waals surface area contributed by atoms with E-state index < -0.39 is 8.24 Å². The topological polar surface area (TPSA) is 20.3 Å². The van der Waals surface area contributed by atoms with Crippen molar-refractivity contribution >= 4 is 19.3 Å². The van der Waals surface area contributed by atoms with Crippen molar-refractivity contribution in [1.82, 2.24) is 4.57 Å². The first kappa shape index (κ1) is 12.4. The van der Waals surface area contributed by atoms with E-state index in [4.69, 9.17) is 0 Å². The Kier molecular flexibility index (Phi) is 3.67. The molecule has 1 aromatic rings. The fraction of sp³-hybridized carbons (Fsp3) is 0.500. The lowest BCUT2D eigenvalue weighted by Gasteiger charge is -2.36. The van der Waals surface area contributed by atoms with Gasteiger partial charge >= 0.3 is 0 Å². The van der Waals surface area contributed by atoms with E-state index >= 15 is 0 Å². The third-order valence-electron chi connectivity index (χ3n) is 3.73. The Morgan fingerprint density at radius 2 is 1.76 bits per heavy atom. The molecule has 0 radical (unpaired) electrons. The van der Waals surface area contributed by atoms with Crippen molar-refractivity contribution in [3.63, 3.8) is 0 Å². The summed E-state index contributed by atoms with van der Waals surface area (Å²) in [5, 5.41) is 1.36. The highest BCUT2D eigenvalue weighted by Crippen LogP contribution is 2.18. The highest BCUT2D eigenvalue weighted by Gasteiger charge is 2.35. The van der Waals surface area contributed by atoms with Crippen molar-refractivity contribution in [1.29, 1.82) is 0 Å². The smallest absolute Gasteiger partial charge is 0.214 e. The van der Waals surface area contributed by atoms with Gasteiger partial charge in [0.25, 0.3) is 0 Å². The number of hydrogen-bond donors (Lipinski definition) is 0. The molecule has 0 N–H and O–H groups in total. The van der Waals surface area contributed by atoms with Gasteiger partial charge in [-0.1, -0.05) is 36.8 Å². The highest BCUT2D eigenvalue weighted by atomic mass is 28.3. The van der Waals surface area contributed by atoms with Crippen LogP contribution in [0.5, 0.6) is 0 Å². The van der Waals surface area contributed by atoms with Gasteiger partial charge in [-0.25, -0.2) is 0 Å². The summed E-state index contributed by atoms with van der Waals surface area (Å²) in [6.45, 7) is 5.52. The number of carbonyl (C=O) groups is 1. The fourth-order valence-corrected chi connectivity index (χ4v) is 5.35. The summed E-state index contributed by atoms with van der Waals surface area (Å²) in [4.78, 5) is 12.2. The molecule has 1 aliphatic heterocycles. The van der Waals surface area contributed by atoms with Gasteiger partial charge in [-0.05, 0) is 31.1 Å². The Balaban J connectivity index is 2.27. The van der Waals surface area contributed by atoms with Crippen LogP contribution in [0.15, 0.2) is 30.3 Å². The Bertz CT molecular complexity index is 388. The molecule has 1 aliphatic rings. The van der Waals surface area contributed by atoms with Crippen LogP contribution in [0.2, 0.25) is 13.1 Å². The van der Waals surface area contributed by atoms with Crippen LogP contribution in [0.1, 0.15) is 25.7 Å². The van der Waals surface area contributed by atoms with Gasteiger partial charge in [0.15, 0.2) is 8.24 Å². The molecular weight excluding hydrogens is 226 g/mol. The van der Waals surface area contributed by atoms with Gasteiger partial charge in [-0.15, -0.1) is 0 Å². The van der Waals surface area contributed by atoms with Crippen LogP contribution in [0.3, 0.4) is 0 Å². The van der Waals surface area contributed by atoms with E-state index in [1.54, 1.807) is 0 Å². The molecule has 0 spiro atoms. The zero-order valence-electron chi connectivity index (χ0n) is 10.8. The van der Waals surface area contributed by atoms with Crippen LogP contribution < -0.4 is 5.19 Å². The normalized spacial score (nSPS) is 18.0. The standard InChI is InChI=1S/C14H21NOSi/c1-17(2,13-9-5-3-6-10-13)15-12-8-4-7-11-14(15)16/h3,5-6,9-10H,4,7-8,11-12H2,1-2H3. The molecular formula is C14H21NOSi. The van der Waals surface area contributed by atoms with Crippen LogP contribution in [0.4, 0.5) is 0 Å². The van der Waals surface area contributed by atoms with Gasteiger partial charge in [-0.3, -0.25) is 4.79 Å². The molecule has 0 saturated carbocycles. The van der Waals surface area contributed by atoms with Gasteiger partial charge in [0, 0.05) is 13.0 Å². The average molecular weight is 247 g/mol. The molecule has 17 heavy (non-hydrogen) atoms. The maximum absolute atomic E-state index is 12.2. The zero-order chi connectivity index (χ0) is 12.3. The first-order valence-electron chi connectivity index (χ1n) is 6.48. The zero-order valence-corrected chi connectivity index (χ0v) is 11.8. The molecule has 92 valence electrons. The van der Waals surface area contributed by atoms with Crippen molar-refractivity contribution in [3.8, 4) is 0 Å². The van der Waals surface area contributed by atoms with Crippen LogP contribution in [0, 0.1) is 0 Å². The van der Waals surface area contributed by atoms with Crippen molar-refractivity contribution in [2.24, 2.45) is 0 Å². The van der Waals surface area contributed by atoms with E-state index in [0.717, 1.165) is 25.8 Å². The number of hydrogen-bond acceptors (Lipinski definition) is 1. The van der Waals surface area contributed by atoms with E-state index in [-0.39, 0.29) is 0 Å². The molecule has 1 aromatic carbocycles. The van der Waals surface area contributed by atoms with E-state index in [2.05, 4.69) is 41.9 Å². The SMILES string of the molecule is C[Si](C)(c1ccccc1)N1CCCCCC1=O. The molecule has 1 amide bonds. The van der Waals surface area contributed by atoms with Crippen molar-refractivity contribution in [2.45, 2.75) is 38.8 Å². The van der Waals surface area contributed by atoms with Crippen molar-refractivity contribution in [3.05, 3.63) is 30.3 Å². The Morgan fingerprint density at radius 3 is 2.47 bits per heavy atom. The highest BCUT2D eigenvalue weighted by molar-refractivity contribution is 6.88. The van der Waals surface area contributed by atoms with E-state index in [0.29, 0.717) is 5.91 Å². The fourth-order valence-electron chi connectivity index (χ4n) is 2.58. The lowest BCUT2D eigenvalue weighted by Crippen LogP contribution is -2.59. The summed E-state index contributed by atoms with van der Waals surface area (Å²) in [6, 6.07) is 10.5. The van der Waals surface area contributed by atoms with Crippen molar-refractivity contribution in [2.75, 3.05) is 6.54 Å². The van der Waals surface area contributed by atoms with Crippen LogP contribution >= 0.6 is 0 Å². The molecule has 0 bridgehead atoms. The lowest BCUT2D eigenvalue weighted by molar-refractivity contribution is -0.126. The maximum Gasteiger partial charge on any atom is 0.214 e.